The Morgan fingerprint density at radius 3 is 1.24 bits per heavy atom. The predicted molar refractivity (Wildman–Crippen MR) is 236 cm³/mol. The minimum atomic E-state index is -0.107. The van der Waals surface area contributed by atoms with Crippen LogP contribution in [0.1, 0.15) is 25.0 Å². The fourth-order valence-electron chi connectivity index (χ4n) is 9.39. The number of rotatable bonds is 4. The Bertz CT molecular complexity index is 3140. The zero-order valence-corrected chi connectivity index (χ0v) is 31.0. The van der Waals surface area contributed by atoms with Crippen LogP contribution in [0.2, 0.25) is 0 Å². The molecule has 0 unspecified atom stereocenters. The van der Waals surface area contributed by atoms with Crippen molar-refractivity contribution >= 4 is 43.1 Å². The van der Waals surface area contributed by atoms with Crippen molar-refractivity contribution < 1.29 is 0 Å². The monoisotopic (exact) mass is 698 g/mol. The van der Waals surface area contributed by atoms with E-state index >= 15 is 0 Å². The first kappa shape index (κ1) is 31.7. The number of hydrogen-bond donors (Lipinski definition) is 0. The van der Waals surface area contributed by atoms with Gasteiger partial charge in [-0.05, 0) is 134 Å². The summed E-state index contributed by atoms with van der Waals surface area (Å²) in [4.78, 5) is 0. The van der Waals surface area contributed by atoms with E-state index in [1.54, 1.807) is 0 Å². The number of benzene rings is 10. The third kappa shape index (κ3) is 4.99. The molecule has 0 aromatic heterocycles. The van der Waals surface area contributed by atoms with Crippen LogP contribution in [0.25, 0.3) is 98.7 Å². The fourth-order valence-corrected chi connectivity index (χ4v) is 9.39. The van der Waals surface area contributed by atoms with Crippen LogP contribution in [0.5, 0.6) is 0 Å². The second-order valence-electron chi connectivity index (χ2n) is 15.7. The maximum absolute atomic E-state index is 2.52. The minimum Gasteiger partial charge on any atom is -0.0619 e. The van der Waals surface area contributed by atoms with Gasteiger partial charge in [-0.2, -0.15) is 0 Å². The lowest BCUT2D eigenvalue weighted by molar-refractivity contribution is 0.661. The predicted octanol–water partition coefficient (Wildman–Crippen LogP) is 15.3. The minimum absolute atomic E-state index is 0.107. The Hall–Kier alpha value is -6.76. The maximum atomic E-state index is 2.52. The van der Waals surface area contributed by atoms with Gasteiger partial charge >= 0.3 is 0 Å². The van der Waals surface area contributed by atoms with Crippen LogP contribution < -0.4 is 0 Å². The first-order valence-corrected chi connectivity index (χ1v) is 19.3. The van der Waals surface area contributed by atoms with Gasteiger partial charge < -0.3 is 0 Å². The quantitative estimate of drug-likeness (QED) is 0.161. The molecule has 0 saturated heterocycles. The summed E-state index contributed by atoms with van der Waals surface area (Å²) in [7, 11) is 0. The second kappa shape index (κ2) is 12.1. The zero-order valence-electron chi connectivity index (χ0n) is 31.0. The highest BCUT2D eigenvalue weighted by atomic mass is 14.4. The van der Waals surface area contributed by atoms with E-state index in [9.17, 15) is 0 Å². The van der Waals surface area contributed by atoms with Gasteiger partial charge in [0.25, 0.3) is 0 Å². The Labute approximate surface area is 322 Å². The van der Waals surface area contributed by atoms with Gasteiger partial charge in [-0.3, -0.25) is 0 Å². The van der Waals surface area contributed by atoms with E-state index in [0.29, 0.717) is 0 Å². The van der Waals surface area contributed by atoms with Crippen LogP contribution in [-0.2, 0) is 5.41 Å². The van der Waals surface area contributed by atoms with E-state index < -0.39 is 0 Å². The lowest BCUT2D eigenvalue weighted by atomic mass is 9.79. The number of fused-ring (bicyclic) bond motifs is 7. The van der Waals surface area contributed by atoms with Crippen molar-refractivity contribution in [2.75, 3.05) is 0 Å². The van der Waals surface area contributed by atoms with Crippen LogP contribution in [0, 0.1) is 0 Å². The maximum Gasteiger partial charge on any atom is 0.0159 e. The Balaban J connectivity index is 1.13. The molecule has 55 heavy (non-hydrogen) atoms. The molecule has 0 aliphatic heterocycles. The molecule has 1 aliphatic carbocycles. The van der Waals surface area contributed by atoms with Crippen molar-refractivity contribution in [2.45, 2.75) is 19.3 Å². The summed E-state index contributed by atoms with van der Waals surface area (Å²) < 4.78 is 0. The number of hydrogen-bond acceptors (Lipinski definition) is 0. The first-order chi connectivity index (χ1) is 27.0. The standard InChI is InChI=1S/C55H38/c1-55(2)51-18-10-9-15-45(51)48-33-49-50(34-52(48)55)54(40-27-21-38(22-28-40)44-30-24-36-12-4-6-14-42(36)32-44)47-17-8-7-16-46(47)53(49)39-25-19-37(20-26-39)43-29-23-35-11-3-5-13-41(35)31-43/h3-34H,1-2H3. The average molecular weight is 699 g/mol. The molecule has 0 fully saturated rings. The van der Waals surface area contributed by atoms with Gasteiger partial charge in [-0.15, -0.1) is 0 Å². The molecular weight excluding hydrogens is 661 g/mol. The second-order valence-corrected chi connectivity index (χ2v) is 15.7. The van der Waals surface area contributed by atoms with Gasteiger partial charge in [0, 0.05) is 5.41 Å². The summed E-state index contributed by atoms with van der Waals surface area (Å²) in [6, 6.07) is 72.3. The molecule has 0 N–H and O–H groups in total. The van der Waals surface area contributed by atoms with Crippen LogP contribution in [-0.4, -0.2) is 0 Å². The molecule has 0 heteroatoms. The van der Waals surface area contributed by atoms with Crippen molar-refractivity contribution in [1.82, 2.24) is 0 Å². The summed E-state index contributed by atoms with van der Waals surface area (Å²) in [5.41, 5.74) is 15.3. The van der Waals surface area contributed by atoms with Gasteiger partial charge in [-0.25, -0.2) is 0 Å². The molecule has 0 atom stereocenters. The Morgan fingerprint density at radius 2 is 0.691 bits per heavy atom. The van der Waals surface area contributed by atoms with Crippen LogP contribution in [0.15, 0.2) is 194 Å². The van der Waals surface area contributed by atoms with Gasteiger partial charge in [0.05, 0.1) is 0 Å². The molecule has 0 saturated carbocycles. The topological polar surface area (TPSA) is 0 Å². The van der Waals surface area contributed by atoms with E-state index in [4.69, 9.17) is 0 Å². The van der Waals surface area contributed by atoms with E-state index in [1.807, 2.05) is 0 Å². The molecular formula is C55H38. The zero-order chi connectivity index (χ0) is 36.7. The normalized spacial score (nSPS) is 13.1. The van der Waals surface area contributed by atoms with Gasteiger partial charge in [0.2, 0.25) is 0 Å². The molecule has 10 aromatic carbocycles. The summed E-state index contributed by atoms with van der Waals surface area (Å²) in [5.74, 6) is 0. The van der Waals surface area contributed by atoms with E-state index in [0.717, 1.165) is 0 Å². The third-order valence-corrected chi connectivity index (χ3v) is 12.2. The van der Waals surface area contributed by atoms with Gasteiger partial charge in [0.1, 0.15) is 0 Å². The summed E-state index contributed by atoms with van der Waals surface area (Å²) in [6.07, 6.45) is 0. The van der Waals surface area contributed by atoms with Crippen molar-refractivity contribution in [3.05, 3.63) is 205 Å². The highest BCUT2D eigenvalue weighted by Gasteiger charge is 2.36. The Morgan fingerprint density at radius 1 is 0.273 bits per heavy atom. The van der Waals surface area contributed by atoms with Crippen LogP contribution in [0.4, 0.5) is 0 Å². The van der Waals surface area contributed by atoms with Crippen LogP contribution >= 0.6 is 0 Å². The summed E-state index contributed by atoms with van der Waals surface area (Å²) in [5, 5.41) is 10.2. The van der Waals surface area contributed by atoms with Gasteiger partial charge in [0.15, 0.2) is 0 Å². The lowest BCUT2D eigenvalue weighted by Gasteiger charge is -2.24. The first-order valence-electron chi connectivity index (χ1n) is 19.3. The van der Waals surface area contributed by atoms with Crippen molar-refractivity contribution in [3.8, 4) is 55.6 Å². The molecule has 0 spiro atoms. The summed E-state index contributed by atoms with van der Waals surface area (Å²) >= 11 is 0. The Kier molecular flexibility index (Phi) is 7.00. The molecule has 0 bridgehead atoms. The molecule has 0 nitrogen and oxygen atoms in total. The summed E-state index contributed by atoms with van der Waals surface area (Å²) in [6.45, 7) is 4.77. The van der Waals surface area contributed by atoms with Crippen molar-refractivity contribution in [2.24, 2.45) is 0 Å². The lowest BCUT2D eigenvalue weighted by Crippen LogP contribution is -2.14. The molecule has 11 rings (SSSR count). The third-order valence-electron chi connectivity index (χ3n) is 12.2. The molecule has 1 aliphatic rings. The van der Waals surface area contributed by atoms with Crippen LogP contribution in [0.3, 0.4) is 0 Å². The highest BCUT2D eigenvalue weighted by Crippen LogP contribution is 2.53. The molecule has 0 heterocycles. The molecule has 0 amide bonds. The molecule has 0 radical (unpaired) electrons. The van der Waals surface area contributed by atoms with E-state index in [2.05, 4.69) is 208 Å². The van der Waals surface area contributed by atoms with Crippen molar-refractivity contribution in [1.29, 1.82) is 0 Å². The highest BCUT2D eigenvalue weighted by molar-refractivity contribution is 6.22. The molecule has 10 aromatic rings. The van der Waals surface area contributed by atoms with E-state index in [1.165, 1.54) is 110 Å². The van der Waals surface area contributed by atoms with Crippen molar-refractivity contribution in [3.63, 3.8) is 0 Å². The SMILES string of the molecule is CC1(C)c2ccccc2-c2cc3c(-c4ccc(-c5ccc6ccccc6c5)cc4)c4ccccc4c(-c4ccc(-c5ccc6ccccc6c5)cc4)c3cc21. The largest absolute Gasteiger partial charge is 0.0619 e. The van der Waals surface area contributed by atoms with E-state index in [-0.39, 0.29) is 5.41 Å². The smallest absolute Gasteiger partial charge is 0.0159 e. The average Bonchev–Trinajstić information content (AvgIpc) is 3.46. The van der Waals surface area contributed by atoms with Gasteiger partial charge in [-0.1, -0.05) is 184 Å². The molecule has 258 valence electrons. The fraction of sp³-hybridized carbons (Fsp3) is 0.0545.